The molecule has 0 aliphatic carbocycles. The summed E-state index contributed by atoms with van der Waals surface area (Å²) in [6.45, 7) is 0.551. The first-order valence-electron chi connectivity index (χ1n) is 6.71. The van der Waals surface area contributed by atoms with E-state index in [9.17, 15) is 24.1 Å². The van der Waals surface area contributed by atoms with Gasteiger partial charge >= 0.3 is 11.8 Å². The lowest BCUT2D eigenvalue weighted by molar-refractivity contribution is -0.387. The maximum absolute atomic E-state index is 13.4. The number of carbonyl (C=O) groups excluding carboxylic acids is 1. The number of rotatable bonds is 3. The molecule has 1 aromatic carbocycles. The molecule has 0 bridgehead atoms. The molecule has 2 amide bonds. The van der Waals surface area contributed by atoms with Gasteiger partial charge in [0, 0.05) is 31.3 Å². The molecule has 1 aliphatic rings. The van der Waals surface area contributed by atoms with Crippen LogP contribution in [0.3, 0.4) is 0 Å². The number of nitro groups is 1. The summed E-state index contributed by atoms with van der Waals surface area (Å²) in [6.07, 6.45) is -0.190. The van der Waals surface area contributed by atoms with Crippen LogP contribution in [0.2, 0.25) is 5.02 Å². The van der Waals surface area contributed by atoms with E-state index in [1.165, 1.54) is 4.90 Å². The van der Waals surface area contributed by atoms with E-state index in [4.69, 9.17) is 16.7 Å². The number of halogens is 2. The van der Waals surface area contributed by atoms with Crippen molar-refractivity contribution in [3.05, 3.63) is 38.7 Å². The molecular weight excluding hydrogens is 333 g/mol. The molecule has 1 heterocycles. The summed E-state index contributed by atoms with van der Waals surface area (Å²) in [5.41, 5.74) is -1.03. The summed E-state index contributed by atoms with van der Waals surface area (Å²) in [5.74, 6) is -1.78. The summed E-state index contributed by atoms with van der Waals surface area (Å²) in [7, 11) is 0. The zero-order valence-corrected chi connectivity index (χ0v) is 12.5. The first kappa shape index (κ1) is 16.9. The van der Waals surface area contributed by atoms with Gasteiger partial charge in [0.15, 0.2) is 0 Å². The molecule has 1 aliphatic heterocycles. The van der Waals surface area contributed by atoms with Crippen LogP contribution in [0.15, 0.2) is 12.1 Å². The molecule has 1 saturated heterocycles. The quantitative estimate of drug-likeness (QED) is 0.644. The van der Waals surface area contributed by atoms with E-state index in [2.05, 4.69) is 5.32 Å². The van der Waals surface area contributed by atoms with Gasteiger partial charge in [-0.1, -0.05) is 11.6 Å². The van der Waals surface area contributed by atoms with Crippen molar-refractivity contribution >= 4 is 29.3 Å². The van der Waals surface area contributed by atoms with Crippen LogP contribution in [0.4, 0.5) is 14.9 Å². The highest BCUT2D eigenvalue weighted by Gasteiger charge is 2.26. The summed E-state index contributed by atoms with van der Waals surface area (Å²) in [6, 6.07) is 1.24. The van der Waals surface area contributed by atoms with Crippen LogP contribution in [0.5, 0.6) is 0 Å². The summed E-state index contributed by atoms with van der Waals surface area (Å²) >= 11 is 5.77. The van der Waals surface area contributed by atoms with Crippen LogP contribution in [-0.4, -0.2) is 46.1 Å². The van der Waals surface area contributed by atoms with Crippen LogP contribution >= 0.6 is 11.6 Å². The number of nitrogens with zero attached hydrogens (tertiary/aromatic N) is 2. The second-order valence-corrected chi connectivity index (χ2v) is 5.47. The predicted octanol–water partition coefficient (Wildman–Crippen LogP) is 2.26. The largest absolute Gasteiger partial charge is 0.465 e. The van der Waals surface area contributed by atoms with Gasteiger partial charge in [0.05, 0.1) is 15.5 Å². The topological polar surface area (TPSA) is 113 Å². The first-order chi connectivity index (χ1) is 10.8. The molecule has 0 saturated carbocycles. The molecule has 2 rings (SSSR count). The fourth-order valence-electron chi connectivity index (χ4n) is 2.33. The minimum Gasteiger partial charge on any atom is -0.465 e. The van der Waals surface area contributed by atoms with E-state index >= 15 is 0 Å². The highest BCUT2D eigenvalue weighted by atomic mass is 35.5. The van der Waals surface area contributed by atoms with Gasteiger partial charge < -0.3 is 15.3 Å². The number of piperidine rings is 1. The van der Waals surface area contributed by atoms with Gasteiger partial charge in [-0.25, -0.2) is 4.79 Å². The number of nitro benzene ring substituents is 1. The van der Waals surface area contributed by atoms with Crippen molar-refractivity contribution in [2.45, 2.75) is 18.9 Å². The summed E-state index contributed by atoms with van der Waals surface area (Å²) < 4.78 is 13.4. The van der Waals surface area contributed by atoms with Crippen LogP contribution in [0.1, 0.15) is 23.2 Å². The molecule has 0 atom stereocenters. The number of amides is 2. The van der Waals surface area contributed by atoms with Crippen LogP contribution in [0.25, 0.3) is 0 Å². The van der Waals surface area contributed by atoms with E-state index < -0.39 is 28.4 Å². The zero-order chi connectivity index (χ0) is 17.1. The second-order valence-electron chi connectivity index (χ2n) is 5.06. The Labute approximate surface area is 135 Å². The number of likely N-dealkylation sites (tertiary alicyclic amines) is 1. The van der Waals surface area contributed by atoms with Crippen molar-refractivity contribution < 1.29 is 24.0 Å². The third-order valence-electron chi connectivity index (χ3n) is 3.58. The summed E-state index contributed by atoms with van der Waals surface area (Å²) in [5, 5.41) is 22.0. The third-order valence-corrected chi connectivity index (χ3v) is 3.89. The first-order valence-corrected chi connectivity index (χ1v) is 7.09. The minimum absolute atomic E-state index is 0.194. The normalized spacial score (nSPS) is 15.3. The van der Waals surface area contributed by atoms with Crippen molar-refractivity contribution in [3.8, 4) is 0 Å². The fourth-order valence-corrected chi connectivity index (χ4v) is 2.57. The van der Waals surface area contributed by atoms with E-state index in [1.807, 2.05) is 0 Å². The maximum atomic E-state index is 13.4. The number of carbonyl (C=O) groups is 2. The van der Waals surface area contributed by atoms with Gasteiger partial charge in [-0.15, -0.1) is 0 Å². The van der Waals surface area contributed by atoms with Crippen LogP contribution in [-0.2, 0) is 0 Å². The van der Waals surface area contributed by atoms with E-state index in [1.54, 1.807) is 0 Å². The van der Waals surface area contributed by atoms with E-state index in [0.29, 0.717) is 12.8 Å². The second kappa shape index (κ2) is 6.78. The molecule has 0 radical (unpaired) electrons. The predicted molar refractivity (Wildman–Crippen MR) is 78.2 cm³/mol. The van der Waals surface area contributed by atoms with E-state index in [0.717, 1.165) is 12.1 Å². The lowest BCUT2D eigenvalue weighted by atomic mass is 10.0. The Morgan fingerprint density at radius 1 is 1.39 bits per heavy atom. The van der Waals surface area contributed by atoms with Crippen molar-refractivity contribution in [1.82, 2.24) is 10.2 Å². The zero-order valence-electron chi connectivity index (χ0n) is 11.8. The minimum atomic E-state index is -1.12. The number of hydrogen-bond donors (Lipinski definition) is 2. The molecule has 124 valence electrons. The van der Waals surface area contributed by atoms with E-state index in [-0.39, 0.29) is 29.7 Å². The number of nitrogens with one attached hydrogen (secondary N) is 1. The van der Waals surface area contributed by atoms with Crippen molar-refractivity contribution in [3.63, 3.8) is 0 Å². The Kier molecular flexibility index (Phi) is 4.99. The molecule has 1 fully saturated rings. The van der Waals surface area contributed by atoms with Gasteiger partial charge in [0.1, 0.15) is 0 Å². The number of hydrogen-bond acceptors (Lipinski definition) is 4. The molecule has 8 nitrogen and oxygen atoms in total. The molecule has 2 N–H and O–H groups in total. The standard InChI is InChI=1S/C13H13ClFN3O5/c14-9-6-10(15)11(18(22)23)5-8(9)12(19)16-7-1-3-17(4-2-7)13(20)21/h5-7H,1-4H2,(H,16,19)(H,20,21). The van der Waals surface area contributed by atoms with Crippen molar-refractivity contribution in [2.75, 3.05) is 13.1 Å². The van der Waals surface area contributed by atoms with Gasteiger partial charge in [0.25, 0.3) is 5.91 Å². The van der Waals surface area contributed by atoms with Crippen LogP contribution < -0.4 is 5.32 Å². The Hall–Kier alpha value is -2.42. The Morgan fingerprint density at radius 2 is 2.00 bits per heavy atom. The molecular formula is C13H13ClFN3O5. The lowest BCUT2D eigenvalue weighted by Gasteiger charge is -2.30. The van der Waals surface area contributed by atoms with Gasteiger partial charge in [-0.05, 0) is 12.8 Å². The number of carboxylic acid groups (broad SMARTS) is 1. The van der Waals surface area contributed by atoms with Gasteiger partial charge in [0.2, 0.25) is 5.82 Å². The smallest absolute Gasteiger partial charge is 0.407 e. The Balaban J connectivity index is 2.08. The third kappa shape index (κ3) is 3.86. The summed E-state index contributed by atoms with van der Waals surface area (Å²) in [4.78, 5) is 34.0. The monoisotopic (exact) mass is 345 g/mol. The Bertz CT molecular complexity index is 661. The molecule has 0 aromatic heterocycles. The molecule has 1 aromatic rings. The van der Waals surface area contributed by atoms with Crippen molar-refractivity contribution in [1.29, 1.82) is 0 Å². The maximum Gasteiger partial charge on any atom is 0.407 e. The SMILES string of the molecule is O=C(NC1CCN(C(=O)O)CC1)c1cc([N+](=O)[O-])c(F)cc1Cl. The fraction of sp³-hybridized carbons (Fsp3) is 0.385. The lowest BCUT2D eigenvalue weighted by Crippen LogP contribution is -2.46. The molecule has 23 heavy (non-hydrogen) atoms. The highest BCUT2D eigenvalue weighted by molar-refractivity contribution is 6.34. The Morgan fingerprint density at radius 3 is 2.52 bits per heavy atom. The average Bonchev–Trinajstić information content (AvgIpc) is 2.47. The molecule has 0 spiro atoms. The van der Waals surface area contributed by atoms with Gasteiger partial charge in [-0.2, -0.15) is 4.39 Å². The average molecular weight is 346 g/mol. The van der Waals surface area contributed by atoms with Crippen LogP contribution in [0, 0.1) is 15.9 Å². The molecule has 10 heteroatoms. The van der Waals surface area contributed by atoms with Gasteiger partial charge in [-0.3, -0.25) is 14.9 Å². The van der Waals surface area contributed by atoms with Crippen molar-refractivity contribution in [2.24, 2.45) is 0 Å². The number of benzene rings is 1. The molecule has 0 unspecified atom stereocenters. The highest BCUT2D eigenvalue weighted by Crippen LogP contribution is 2.26.